The maximum absolute atomic E-state index is 12.3. The molecule has 2 heterocycles. The maximum Gasteiger partial charge on any atom is 0.240 e. The summed E-state index contributed by atoms with van der Waals surface area (Å²) in [6, 6.07) is 8.08. The third-order valence-corrected chi connectivity index (χ3v) is 5.37. The van der Waals surface area contributed by atoms with Crippen LogP contribution in [0.4, 0.5) is 5.82 Å². The zero-order valence-corrected chi connectivity index (χ0v) is 16.5. The second kappa shape index (κ2) is 8.81. The molecule has 10 heteroatoms. The first-order chi connectivity index (χ1) is 13.5. The lowest BCUT2D eigenvalue weighted by molar-refractivity contribution is 0.340. The molecule has 0 unspecified atom stereocenters. The molecule has 2 N–H and O–H groups in total. The number of sulfonamides is 1. The second-order valence-corrected chi connectivity index (χ2v) is 7.60. The number of aryl methyl sites for hydroxylation is 1. The van der Waals surface area contributed by atoms with E-state index in [2.05, 4.69) is 25.0 Å². The number of benzene rings is 1. The maximum atomic E-state index is 12.3. The molecule has 0 aliphatic heterocycles. The van der Waals surface area contributed by atoms with Crippen LogP contribution in [0.5, 0.6) is 5.75 Å². The molecule has 3 aromatic rings. The van der Waals surface area contributed by atoms with Gasteiger partial charge in [0.05, 0.1) is 11.5 Å². The summed E-state index contributed by atoms with van der Waals surface area (Å²) in [6.07, 6.45) is 4.95. The fourth-order valence-electron chi connectivity index (χ4n) is 2.54. The smallest absolute Gasteiger partial charge is 0.240 e. The third kappa shape index (κ3) is 4.84. The summed E-state index contributed by atoms with van der Waals surface area (Å²) >= 11 is 0. The van der Waals surface area contributed by atoms with Gasteiger partial charge in [0.25, 0.3) is 0 Å². The average molecular weight is 402 g/mol. The molecule has 0 spiro atoms. The van der Waals surface area contributed by atoms with Gasteiger partial charge in [0.2, 0.25) is 10.0 Å². The molecular formula is C18H22N6O3S. The first-order valence-corrected chi connectivity index (χ1v) is 10.3. The van der Waals surface area contributed by atoms with Crippen molar-refractivity contribution in [3.8, 4) is 11.6 Å². The number of aromatic nitrogens is 4. The van der Waals surface area contributed by atoms with Crippen molar-refractivity contribution >= 4 is 15.8 Å². The highest BCUT2D eigenvalue weighted by atomic mass is 32.2. The van der Waals surface area contributed by atoms with Gasteiger partial charge in [-0.25, -0.2) is 28.1 Å². The number of imidazole rings is 1. The fourth-order valence-corrected chi connectivity index (χ4v) is 3.57. The van der Waals surface area contributed by atoms with Crippen LogP contribution in [-0.4, -0.2) is 47.6 Å². The van der Waals surface area contributed by atoms with Crippen LogP contribution in [0.3, 0.4) is 0 Å². The lowest BCUT2D eigenvalue weighted by Gasteiger charge is -2.10. The van der Waals surface area contributed by atoms with Crippen LogP contribution in [0.25, 0.3) is 5.82 Å². The van der Waals surface area contributed by atoms with E-state index in [0.717, 1.165) is 5.82 Å². The van der Waals surface area contributed by atoms with Crippen molar-refractivity contribution in [2.75, 3.05) is 25.0 Å². The van der Waals surface area contributed by atoms with Gasteiger partial charge in [-0.2, -0.15) is 0 Å². The Kier molecular flexibility index (Phi) is 6.22. The van der Waals surface area contributed by atoms with E-state index in [1.54, 1.807) is 24.4 Å². The number of anilines is 1. The molecule has 0 fully saturated rings. The van der Waals surface area contributed by atoms with Crippen LogP contribution in [-0.2, 0) is 10.0 Å². The van der Waals surface area contributed by atoms with E-state index in [4.69, 9.17) is 4.74 Å². The number of ether oxygens (including phenoxy) is 1. The third-order valence-electron chi connectivity index (χ3n) is 3.89. The highest BCUT2D eigenvalue weighted by Crippen LogP contribution is 2.15. The van der Waals surface area contributed by atoms with E-state index in [1.807, 2.05) is 24.6 Å². The van der Waals surface area contributed by atoms with Crippen LogP contribution in [0, 0.1) is 6.92 Å². The second-order valence-electron chi connectivity index (χ2n) is 5.83. The normalized spacial score (nSPS) is 11.4. The van der Waals surface area contributed by atoms with E-state index in [-0.39, 0.29) is 11.4 Å². The topological polar surface area (TPSA) is 111 Å². The summed E-state index contributed by atoms with van der Waals surface area (Å²) in [7, 11) is -3.59. The summed E-state index contributed by atoms with van der Waals surface area (Å²) in [4.78, 5) is 12.7. The van der Waals surface area contributed by atoms with Gasteiger partial charge in [-0.15, -0.1) is 0 Å². The molecule has 3 rings (SSSR count). The molecule has 0 bridgehead atoms. The van der Waals surface area contributed by atoms with Gasteiger partial charge in [-0.05, 0) is 38.1 Å². The average Bonchev–Trinajstić information content (AvgIpc) is 3.12. The minimum absolute atomic E-state index is 0.191. The van der Waals surface area contributed by atoms with Gasteiger partial charge in [0.1, 0.15) is 29.5 Å². The number of nitrogens with zero attached hydrogens (tertiary/aromatic N) is 4. The van der Waals surface area contributed by atoms with Gasteiger partial charge in [-0.3, -0.25) is 4.57 Å². The van der Waals surface area contributed by atoms with Crippen molar-refractivity contribution in [1.82, 2.24) is 24.2 Å². The first kappa shape index (κ1) is 19.8. The number of hydrogen-bond donors (Lipinski definition) is 2. The highest BCUT2D eigenvalue weighted by Gasteiger charge is 2.13. The summed E-state index contributed by atoms with van der Waals surface area (Å²) in [6.45, 7) is 4.86. The molecule has 0 saturated carbocycles. The van der Waals surface area contributed by atoms with Crippen molar-refractivity contribution in [1.29, 1.82) is 0 Å². The Bertz CT molecular complexity index is 1020. The Morgan fingerprint density at radius 2 is 1.89 bits per heavy atom. The van der Waals surface area contributed by atoms with Crippen molar-refractivity contribution in [2.45, 2.75) is 18.7 Å². The van der Waals surface area contributed by atoms with Crippen LogP contribution in [0.15, 0.2) is 53.9 Å². The highest BCUT2D eigenvalue weighted by molar-refractivity contribution is 7.89. The first-order valence-electron chi connectivity index (χ1n) is 8.78. The van der Waals surface area contributed by atoms with Gasteiger partial charge in [0.15, 0.2) is 0 Å². The van der Waals surface area contributed by atoms with Gasteiger partial charge >= 0.3 is 0 Å². The van der Waals surface area contributed by atoms with E-state index in [1.165, 1.54) is 18.5 Å². The van der Waals surface area contributed by atoms with Gasteiger partial charge in [0, 0.05) is 31.5 Å². The standard InChI is InChI=1S/C18H22N6O3S/c1-3-27-15-4-6-16(7-5-15)28(25,26)23-9-8-20-17-12-18(22-13-21-17)24-11-10-19-14(24)2/h4-7,10-13,23H,3,8-9H2,1-2H3,(H,20,21,22). The largest absolute Gasteiger partial charge is 0.494 e. The Morgan fingerprint density at radius 3 is 2.57 bits per heavy atom. The van der Waals surface area contributed by atoms with E-state index < -0.39 is 10.0 Å². The van der Waals surface area contributed by atoms with Crippen LogP contribution >= 0.6 is 0 Å². The molecule has 1 aromatic carbocycles. The Hall–Kier alpha value is -2.98. The quantitative estimate of drug-likeness (QED) is 0.525. The van der Waals surface area contributed by atoms with Crippen LogP contribution < -0.4 is 14.8 Å². The van der Waals surface area contributed by atoms with Crippen LogP contribution in [0.2, 0.25) is 0 Å². The summed E-state index contributed by atoms with van der Waals surface area (Å²) in [5.41, 5.74) is 0. The van der Waals surface area contributed by atoms with Crippen LogP contribution in [0.1, 0.15) is 12.7 Å². The predicted octanol–water partition coefficient (Wildman–Crippen LogP) is 1.76. The Balaban J connectivity index is 1.54. The molecule has 28 heavy (non-hydrogen) atoms. The molecule has 148 valence electrons. The summed E-state index contributed by atoms with van der Waals surface area (Å²) in [5.74, 6) is 2.73. The fraction of sp³-hybridized carbons (Fsp3) is 0.278. The molecule has 0 radical (unpaired) electrons. The van der Waals surface area contributed by atoms with Crippen molar-refractivity contribution in [2.24, 2.45) is 0 Å². The molecule has 0 aliphatic carbocycles. The Morgan fingerprint density at radius 1 is 1.11 bits per heavy atom. The lowest BCUT2D eigenvalue weighted by atomic mass is 10.3. The van der Waals surface area contributed by atoms with Crippen molar-refractivity contribution in [3.63, 3.8) is 0 Å². The zero-order chi connectivity index (χ0) is 20.0. The van der Waals surface area contributed by atoms with Gasteiger partial charge < -0.3 is 10.1 Å². The van der Waals surface area contributed by atoms with Crippen molar-refractivity contribution in [3.05, 3.63) is 54.9 Å². The van der Waals surface area contributed by atoms with Crippen molar-refractivity contribution < 1.29 is 13.2 Å². The zero-order valence-electron chi connectivity index (χ0n) is 15.7. The van der Waals surface area contributed by atoms with E-state index >= 15 is 0 Å². The van der Waals surface area contributed by atoms with E-state index in [9.17, 15) is 8.42 Å². The summed E-state index contributed by atoms with van der Waals surface area (Å²) in [5, 5.41) is 3.08. The number of nitrogens with one attached hydrogen (secondary N) is 2. The number of rotatable bonds is 9. The molecule has 0 atom stereocenters. The molecule has 0 aliphatic rings. The molecule has 9 nitrogen and oxygen atoms in total. The minimum Gasteiger partial charge on any atom is -0.494 e. The number of hydrogen-bond acceptors (Lipinski definition) is 7. The Labute approximate surface area is 163 Å². The molecular weight excluding hydrogens is 380 g/mol. The molecule has 2 aromatic heterocycles. The SMILES string of the molecule is CCOc1ccc(S(=O)(=O)NCCNc2cc(-n3ccnc3C)ncn2)cc1. The molecule has 0 saturated heterocycles. The summed E-state index contributed by atoms with van der Waals surface area (Å²) < 4.78 is 34.4. The molecule has 0 amide bonds. The monoisotopic (exact) mass is 402 g/mol. The minimum atomic E-state index is -3.59. The predicted molar refractivity (Wildman–Crippen MR) is 105 cm³/mol. The van der Waals surface area contributed by atoms with Gasteiger partial charge in [-0.1, -0.05) is 0 Å². The lowest BCUT2D eigenvalue weighted by Crippen LogP contribution is -2.29. The van der Waals surface area contributed by atoms with E-state index in [0.29, 0.717) is 30.5 Å².